The maximum atomic E-state index is 3.61. The molecule has 15 heavy (non-hydrogen) atoms. The van der Waals surface area contributed by atoms with Crippen molar-refractivity contribution in [1.29, 1.82) is 0 Å². The summed E-state index contributed by atoms with van der Waals surface area (Å²) in [5.74, 6) is 0.731. The smallest absolute Gasteiger partial charge is 0.0470 e. The Hall–Kier alpha value is -1.24. The standard InChI is InChI=1S/C14H19N/c1-11-7-3-5-9-13(11)15-14-10-6-4-8-12(14)2/h3,5-7,9-10,12,14-15H,4,8H2,1-2H3. The van der Waals surface area contributed by atoms with E-state index in [1.807, 2.05) is 0 Å². The summed E-state index contributed by atoms with van der Waals surface area (Å²) in [5.41, 5.74) is 2.59. The van der Waals surface area contributed by atoms with E-state index in [0.717, 1.165) is 5.92 Å². The highest BCUT2D eigenvalue weighted by Gasteiger charge is 2.16. The highest BCUT2D eigenvalue weighted by atomic mass is 14.9. The van der Waals surface area contributed by atoms with Crippen molar-refractivity contribution in [2.45, 2.75) is 32.7 Å². The van der Waals surface area contributed by atoms with Gasteiger partial charge in [-0.25, -0.2) is 0 Å². The molecule has 2 rings (SSSR count). The molecule has 1 N–H and O–H groups in total. The molecule has 0 aromatic heterocycles. The number of rotatable bonds is 2. The summed E-state index contributed by atoms with van der Waals surface area (Å²) < 4.78 is 0. The van der Waals surface area contributed by atoms with Crippen LogP contribution in [0.4, 0.5) is 5.69 Å². The van der Waals surface area contributed by atoms with Crippen LogP contribution in [0.25, 0.3) is 0 Å². The zero-order valence-corrected chi connectivity index (χ0v) is 9.53. The number of para-hydroxylation sites is 1. The first-order valence-corrected chi connectivity index (χ1v) is 5.76. The average molecular weight is 201 g/mol. The fourth-order valence-corrected chi connectivity index (χ4v) is 2.08. The normalized spacial score (nSPS) is 25.2. The number of aryl methyl sites for hydroxylation is 1. The van der Waals surface area contributed by atoms with Crippen LogP contribution in [0.5, 0.6) is 0 Å². The van der Waals surface area contributed by atoms with Gasteiger partial charge in [-0.15, -0.1) is 0 Å². The van der Waals surface area contributed by atoms with Crippen LogP contribution in [-0.4, -0.2) is 6.04 Å². The third kappa shape index (κ3) is 2.41. The minimum Gasteiger partial charge on any atom is -0.378 e. The highest BCUT2D eigenvalue weighted by molar-refractivity contribution is 5.51. The molecule has 0 heterocycles. The van der Waals surface area contributed by atoms with E-state index in [9.17, 15) is 0 Å². The lowest BCUT2D eigenvalue weighted by Gasteiger charge is -2.26. The number of hydrogen-bond acceptors (Lipinski definition) is 1. The van der Waals surface area contributed by atoms with Gasteiger partial charge in [0.25, 0.3) is 0 Å². The Kier molecular flexibility index (Phi) is 3.10. The van der Waals surface area contributed by atoms with E-state index >= 15 is 0 Å². The van der Waals surface area contributed by atoms with E-state index in [4.69, 9.17) is 0 Å². The first-order valence-electron chi connectivity index (χ1n) is 5.76. The number of anilines is 1. The molecule has 1 aromatic carbocycles. The zero-order chi connectivity index (χ0) is 10.7. The monoisotopic (exact) mass is 201 g/mol. The molecule has 80 valence electrons. The Labute approximate surface area is 92.2 Å². The molecule has 0 spiro atoms. The summed E-state index contributed by atoms with van der Waals surface area (Å²) >= 11 is 0. The van der Waals surface area contributed by atoms with Crippen molar-refractivity contribution < 1.29 is 0 Å². The molecule has 0 saturated carbocycles. The lowest BCUT2D eigenvalue weighted by atomic mass is 9.91. The van der Waals surface area contributed by atoms with Gasteiger partial charge in [-0.2, -0.15) is 0 Å². The predicted molar refractivity (Wildman–Crippen MR) is 66.1 cm³/mol. The van der Waals surface area contributed by atoms with Gasteiger partial charge in [0.2, 0.25) is 0 Å². The second-order valence-corrected chi connectivity index (χ2v) is 4.47. The Morgan fingerprint density at radius 3 is 2.80 bits per heavy atom. The van der Waals surface area contributed by atoms with Gasteiger partial charge in [0.05, 0.1) is 0 Å². The molecule has 1 heteroatoms. The highest BCUT2D eigenvalue weighted by Crippen LogP contribution is 2.23. The molecule has 1 aromatic rings. The van der Waals surface area contributed by atoms with E-state index in [-0.39, 0.29) is 0 Å². The summed E-state index contributed by atoms with van der Waals surface area (Å²) in [6, 6.07) is 8.98. The lowest BCUT2D eigenvalue weighted by molar-refractivity contribution is 0.486. The van der Waals surface area contributed by atoms with Gasteiger partial charge in [0.1, 0.15) is 0 Å². The Morgan fingerprint density at radius 2 is 2.07 bits per heavy atom. The summed E-state index contributed by atoms with van der Waals surface area (Å²) in [4.78, 5) is 0. The molecule has 2 atom stereocenters. The van der Waals surface area contributed by atoms with Crippen LogP contribution >= 0.6 is 0 Å². The molecular weight excluding hydrogens is 182 g/mol. The predicted octanol–water partition coefficient (Wildman–Crippen LogP) is 3.76. The Morgan fingerprint density at radius 1 is 1.27 bits per heavy atom. The second-order valence-electron chi connectivity index (χ2n) is 4.47. The van der Waals surface area contributed by atoms with E-state index in [2.05, 4.69) is 55.6 Å². The van der Waals surface area contributed by atoms with E-state index in [1.54, 1.807) is 0 Å². The number of hydrogen-bond donors (Lipinski definition) is 1. The van der Waals surface area contributed by atoms with Gasteiger partial charge < -0.3 is 5.32 Å². The van der Waals surface area contributed by atoms with Crippen molar-refractivity contribution in [3.63, 3.8) is 0 Å². The summed E-state index contributed by atoms with van der Waals surface area (Å²) in [6.07, 6.45) is 7.11. The molecule has 1 nitrogen and oxygen atoms in total. The molecule has 0 aliphatic heterocycles. The minimum absolute atomic E-state index is 0.500. The van der Waals surface area contributed by atoms with Gasteiger partial charge in [-0.3, -0.25) is 0 Å². The van der Waals surface area contributed by atoms with Crippen LogP contribution < -0.4 is 5.32 Å². The van der Waals surface area contributed by atoms with Crippen molar-refractivity contribution in [2.75, 3.05) is 5.32 Å². The minimum atomic E-state index is 0.500. The maximum absolute atomic E-state index is 3.61. The van der Waals surface area contributed by atoms with Crippen LogP contribution in [0.15, 0.2) is 36.4 Å². The Bertz CT molecular complexity index is 354. The van der Waals surface area contributed by atoms with Gasteiger partial charge in [-0.05, 0) is 37.3 Å². The number of allylic oxidation sites excluding steroid dienone is 1. The van der Waals surface area contributed by atoms with Gasteiger partial charge in [0, 0.05) is 11.7 Å². The molecule has 0 radical (unpaired) electrons. The maximum Gasteiger partial charge on any atom is 0.0470 e. The zero-order valence-electron chi connectivity index (χ0n) is 9.53. The molecular formula is C14H19N. The first-order chi connectivity index (χ1) is 7.27. The third-order valence-electron chi connectivity index (χ3n) is 3.21. The Balaban J connectivity index is 2.11. The van der Waals surface area contributed by atoms with Crippen molar-refractivity contribution in [2.24, 2.45) is 5.92 Å². The van der Waals surface area contributed by atoms with E-state index in [0.29, 0.717) is 6.04 Å². The van der Waals surface area contributed by atoms with Crippen LogP contribution in [0, 0.1) is 12.8 Å². The summed E-state index contributed by atoms with van der Waals surface area (Å²) in [6.45, 7) is 4.47. The number of nitrogens with one attached hydrogen (secondary N) is 1. The third-order valence-corrected chi connectivity index (χ3v) is 3.21. The molecule has 0 fully saturated rings. The molecule has 0 amide bonds. The molecule has 1 aliphatic carbocycles. The van der Waals surface area contributed by atoms with Crippen molar-refractivity contribution >= 4 is 5.69 Å². The van der Waals surface area contributed by atoms with E-state index in [1.165, 1.54) is 24.1 Å². The summed E-state index contributed by atoms with van der Waals surface area (Å²) in [5, 5.41) is 3.61. The van der Waals surface area contributed by atoms with Crippen LogP contribution in [-0.2, 0) is 0 Å². The van der Waals surface area contributed by atoms with Crippen LogP contribution in [0.1, 0.15) is 25.3 Å². The first kappa shape index (κ1) is 10.3. The van der Waals surface area contributed by atoms with Gasteiger partial charge in [0.15, 0.2) is 0 Å². The van der Waals surface area contributed by atoms with Gasteiger partial charge >= 0.3 is 0 Å². The number of benzene rings is 1. The van der Waals surface area contributed by atoms with Crippen LogP contribution in [0.2, 0.25) is 0 Å². The molecule has 1 aliphatic rings. The van der Waals surface area contributed by atoms with Crippen molar-refractivity contribution in [1.82, 2.24) is 0 Å². The van der Waals surface area contributed by atoms with Crippen molar-refractivity contribution in [3.8, 4) is 0 Å². The van der Waals surface area contributed by atoms with E-state index < -0.39 is 0 Å². The largest absolute Gasteiger partial charge is 0.378 e. The quantitative estimate of drug-likeness (QED) is 0.718. The SMILES string of the molecule is Cc1ccccc1NC1C=CCCC1C. The average Bonchev–Trinajstić information content (AvgIpc) is 2.24. The second kappa shape index (κ2) is 4.52. The fourth-order valence-electron chi connectivity index (χ4n) is 2.08. The fraction of sp³-hybridized carbons (Fsp3) is 0.429. The summed E-state index contributed by atoms with van der Waals surface area (Å²) in [7, 11) is 0. The van der Waals surface area contributed by atoms with Crippen molar-refractivity contribution in [3.05, 3.63) is 42.0 Å². The topological polar surface area (TPSA) is 12.0 Å². The molecule has 2 unspecified atom stereocenters. The van der Waals surface area contributed by atoms with Crippen LogP contribution in [0.3, 0.4) is 0 Å². The lowest BCUT2D eigenvalue weighted by Crippen LogP contribution is -2.27. The molecule has 0 saturated heterocycles. The molecule has 0 bridgehead atoms. The van der Waals surface area contributed by atoms with Gasteiger partial charge in [-0.1, -0.05) is 37.3 Å².